The van der Waals surface area contributed by atoms with E-state index in [4.69, 9.17) is 4.74 Å². The lowest BCUT2D eigenvalue weighted by Crippen LogP contribution is -2.55. The SMILES string of the molecule is CC1CCCN(C(=O)NCCOCC2CC2)C1C(=O)O. The summed E-state index contributed by atoms with van der Waals surface area (Å²) in [5.74, 6) is -0.208. The molecule has 2 amide bonds. The molecule has 2 aliphatic rings. The summed E-state index contributed by atoms with van der Waals surface area (Å²) in [6.07, 6.45) is 4.21. The maximum atomic E-state index is 12.1. The average Bonchev–Trinajstić information content (AvgIpc) is 3.21. The van der Waals surface area contributed by atoms with Gasteiger partial charge in [0, 0.05) is 19.7 Å². The number of hydrogen-bond acceptors (Lipinski definition) is 3. The predicted octanol–water partition coefficient (Wildman–Crippen LogP) is 1.31. The van der Waals surface area contributed by atoms with Crippen LogP contribution in [0.4, 0.5) is 4.79 Å². The topological polar surface area (TPSA) is 78.9 Å². The number of likely N-dealkylation sites (tertiary alicyclic amines) is 1. The quantitative estimate of drug-likeness (QED) is 0.721. The molecule has 0 radical (unpaired) electrons. The normalized spacial score (nSPS) is 26.4. The van der Waals surface area contributed by atoms with Gasteiger partial charge in [-0.3, -0.25) is 0 Å². The van der Waals surface area contributed by atoms with Gasteiger partial charge in [0.1, 0.15) is 6.04 Å². The Labute approximate surface area is 119 Å². The van der Waals surface area contributed by atoms with Crippen molar-refractivity contribution in [3.8, 4) is 0 Å². The highest BCUT2D eigenvalue weighted by Crippen LogP contribution is 2.28. The molecular formula is C14H24N2O4. The Kier molecular flexibility index (Phi) is 5.23. The van der Waals surface area contributed by atoms with Crippen molar-refractivity contribution in [2.45, 2.75) is 38.6 Å². The maximum Gasteiger partial charge on any atom is 0.326 e. The molecule has 1 saturated heterocycles. The highest BCUT2D eigenvalue weighted by atomic mass is 16.5. The van der Waals surface area contributed by atoms with Crippen molar-refractivity contribution in [3.05, 3.63) is 0 Å². The van der Waals surface area contributed by atoms with Crippen molar-refractivity contribution >= 4 is 12.0 Å². The lowest BCUT2D eigenvalue weighted by molar-refractivity contribution is -0.145. The van der Waals surface area contributed by atoms with Gasteiger partial charge in [-0.1, -0.05) is 6.92 Å². The highest BCUT2D eigenvalue weighted by molar-refractivity contribution is 5.83. The van der Waals surface area contributed by atoms with Crippen LogP contribution in [0.15, 0.2) is 0 Å². The average molecular weight is 284 g/mol. The first-order valence-electron chi connectivity index (χ1n) is 7.44. The van der Waals surface area contributed by atoms with Gasteiger partial charge < -0.3 is 20.1 Å². The van der Waals surface area contributed by atoms with E-state index in [2.05, 4.69) is 5.32 Å². The number of hydrogen-bond donors (Lipinski definition) is 2. The van der Waals surface area contributed by atoms with Crippen LogP contribution in [0.1, 0.15) is 32.6 Å². The van der Waals surface area contributed by atoms with Crippen LogP contribution in [-0.4, -0.2) is 54.4 Å². The molecule has 0 aromatic rings. The number of carboxylic acids is 1. The third-order valence-electron chi connectivity index (χ3n) is 4.02. The molecule has 0 aromatic carbocycles. The van der Waals surface area contributed by atoms with Gasteiger partial charge in [-0.05, 0) is 37.5 Å². The summed E-state index contributed by atoms with van der Waals surface area (Å²) in [7, 11) is 0. The molecule has 2 N–H and O–H groups in total. The van der Waals surface area contributed by atoms with E-state index in [1.807, 2.05) is 6.92 Å². The molecule has 114 valence electrons. The monoisotopic (exact) mass is 284 g/mol. The first kappa shape index (κ1) is 15.1. The zero-order chi connectivity index (χ0) is 14.5. The van der Waals surface area contributed by atoms with E-state index in [0.29, 0.717) is 25.6 Å². The number of carbonyl (C=O) groups is 2. The lowest BCUT2D eigenvalue weighted by atomic mass is 9.91. The minimum Gasteiger partial charge on any atom is -0.480 e. The summed E-state index contributed by atoms with van der Waals surface area (Å²) in [4.78, 5) is 24.8. The van der Waals surface area contributed by atoms with Gasteiger partial charge in [-0.2, -0.15) is 0 Å². The minimum atomic E-state index is -0.919. The number of ether oxygens (including phenoxy) is 1. The second-order valence-corrected chi connectivity index (χ2v) is 5.85. The molecule has 0 aromatic heterocycles. The molecule has 2 rings (SSSR count). The molecule has 0 bridgehead atoms. The fourth-order valence-corrected chi connectivity index (χ4v) is 2.66. The number of carboxylic acid groups (broad SMARTS) is 1. The van der Waals surface area contributed by atoms with Crippen molar-refractivity contribution in [1.82, 2.24) is 10.2 Å². The Morgan fingerprint density at radius 1 is 1.35 bits per heavy atom. The van der Waals surface area contributed by atoms with E-state index in [1.165, 1.54) is 17.7 Å². The number of carbonyl (C=O) groups excluding carboxylic acids is 1. The van der Waals surface area contributed by atoms with Crippen molar-refractivity contribution < 1.29 is 19.4 Å². The number of nitrogens with one attached hydrogen (secondary N) is 1. The molecule has 0 spiro atoms. The van der Waals surface area contributed by atoms with Gasteiger partial charge in [-0.15, -0.1) is 0 Å². The molecule has 20 heavy (non-hydrogen) atoms. The summed E-state index contributed by atoms with van der Waals surface area (Å²) in [6, 6.07) is -1.00. The summed E-state index contributed by atoms with van der Waals surface area (Å²) in [5, 5.41) is 12.0. The zero-order valence-electron chi connectivity index (χ0n) is 12.0. The van der Waals surface area contributed by atoms with Gasteiger partial charge >= 0.3 is 12.0 Å². The van der Waals surface area contributed by atoms with Crippen LogP contribution in [-0.2, 0) is 9.53 Å². The minimum absolute atomic E-state index is 0.00174. The fourth-order valence-electron chi connectivity index (χ4n) is 2.66. The number of rotatable bonds is 6. The summed E-state index contributed by atoms with van der Waals surface area (Å²) in [6.45, 7) is 4.09. The van der Waals surface area contributed by atoms with Gasteiger partial charge in [0.2, 0.25) is 0 Å². The second kappa shape index (κ2) is 6.92. The third-order valence-corrected chi connectivity index (χ3v) is 4.02. The molecule has 1 saturated carbocycles. The van der Waals surface area contributed by atoms with E-state index in [1.54, 1.807) is 0 Å². The van der Waals surface area contributed by atoms with Crippen molar-refractivity contribution in [2.75, 3.05) is 26.3 Å². The maximum absolute atomic E-state index is 12.1. The Bertz CT molecular complexity index is 357. The largest absolute Gasteiger partial charge is 0.480 e. The molecule has 6 nitrogen and oxygen atoms in total. The van der Waals surface area contributed by atoms with Gasteiger partial charge in [-0.25, -0.2) is 9.59 Å². The number of nitrogens with zero attached hydrogens (tertiary/aromatic N) is 1. The summed E-state index contributed by atoms with van der Waals surface area (Å²) < 4.78 is 5.44. The molecular weight excluding hydrogens is 260 g/mol. The first-order chi connectivity index (χ1) is 9.59. The molecule has 2 atom stereocenters. The smallest absolute Gasteiger partial charge is 0.326 e. The lowest BCUT2D eigenvalue weighted by Gasteiger charge is -2.37. The fraction of sp³-hybridized carbons (Fsp3) is 0.857. The predicted molar refractivity (Wildman–Crippen MR) is 73.5 cm³/mol. The van der Waals surface area contributed by atoms with E-state index < -0.39 is 12.0 Å². The Balaban J connectivity index is 1.72. The first-order valence-corrected chi connectivity index (χ1v) is 7.44. The highest BCUT2D eigenvalue weighted by Gasteiger charge is 2.36. The zero-order valence-corrected chi connectivity index (χ0v) is 12.0. The Morgan fingerprint density at radius 3 is 2.75 bits per heavy atom. The molecule has 1 aliphatic carbocycles. The van der Waals surface area contributed by atoms with Crippen molar-refractivity contribution in [1.29, 1.82) is 0 Å². The van der Waals surface area contributed by atoms with E-state index in [9.17, 15) is 14.7 Å². The molecule has 6 heteroatoms. The molecule has 2 unspecified atom stereocenters. The number of aliphatic carboxylic acids is 1. The van der Waals surface area contributed by atoms with E-state index >= 15 is 0 Å². The standard InChI is InChI=1S/C14H24N2O4/c1-10-3-2-7-16(12(10)13(17)18)14(19)15-6-8-20-9-11-4-5-11/h10-12H,2-9H2,1H3,(H,15,19)(H,17,18). The number of urea groups is 1. The summed E-state index contributed by atoms with van der Waals surface area (Å²) >= 11 is 0. The van der Waals surface area contributed by atoms with E-state index in [-0.39, 0.29) is 11.9 Å². The van der Waals surface area contributed by atoms with Gasteiger partial charge in [0.05, 0.1) is 6.61 Å². The molecule has 1 heterocycles. The van der Waals surface area contributed by atoms with Crippen LogP contribution < -0.4 is 5.32 Å². The van der Waals surface area contributed by atoms with Crippen LogP contribution >= 0.6 is 0 Å². The summed E-state index contributed by atoms with van der Waals surface area (Å²) in [5.41, 5.74) is 0. The van der Waals surface area contributed by atoms with Crippen LogP contribution in [0.5, 0.6) is 0 Å². The van der Waals surface area contributed by atoms with Crippen molar-refractivity contribution in [3.63, 3.8) is 0 Å². The number of piperidine rings is 1. The molecule has 1 aliphatic heterocycles. The van der Waals surface area contributed by atoms with Crippen LogP contribution in [0, 0.1) is 11.8 Å². The second-order valence-electron chi connectivity index (χ2n) is 5.85. The van der Waals surface area contributed by atoms with Gasteiger partial charge in [0.25, 0.3) is 0 Å². The van der Waals surface area contributed by atoms with Crippen molar-refractivity contribution in [2.24, 2.45) is 11.8 Å². The number of amides is 2. The van der Waals surface area contributed by atoms with Crippen LogP contribution in [0.3, 0.4) is 0 Å². The van der Waals surface area contributed by atoms with Gasteiger partial charge in [0.15, 0.2) is 0 Å². The Hall–Kier alpha value is -1.30. The Morgan fingerprint density at radius 2 is 2.10 bits per heavy atom. The van der Waals surface area contributed by atoms with E-state index in [0.717, 1.165) is 19.4 Å². The van der Waals surface area contributed by atoms with Crippen LogP contribution in [0.2, 0.25) is 0 Å². The third kappa shape index (κ3) is 4.10. The molecule has 2 fully saturated rings. The van der Waals surface area contributed by atoms with Crippen LogP contribution in [0.25, 0.3) is 0 Å².